The minimum atomic E-state index is -4.51. The van der Waals surface area contributed by atoms with E-state index < -0.39 is 28.8 Å². The lowest BCUT2D eigenvalue weighted by molar-refractivity contribution is -0.137. The average Bonchev–Trinajstić information content (AvgIpc) is 3.02. The molecule has 1 saturated heterocycles. The highest BCUT2D eigenvalue weighted by Gasteiger charge is 2.33. The van der Waals surface area contributed by atoms with Crippen molar-refractivity contribution < 1.29 is 22.8 Å². The van der Waals surface area contributed by atoms with Crippen molar-refractivity contribution in [2.45, 2.75) is 24.8 Å². The van der Waals surface area contributed by atoms with E-state index in [9.17, 15) is 22.8 Å². The van der Waals surface area contributed by atoms with E-state index in [1.54, 1.807) is 0 Å². The molecule has 30 heavy (non-hydrogen) atoms. The second kappa shape index (κ2) is 9.12. The number of thioether (sulfide) groups is 1. The summed E-state index contributed by atoms with van der Waals surface area (Å²) in [5.74, 6) is -0.991. The van der Waals surface area contributed by atoms with Crippen molar-refractivity contribution in [1.82, 2.24) is 5.32 Å². The molecule has 0 aliphatic carbocycles. The van der Waals surface area contributed by atoms with E-state index in [0.29, 0.717) is 0 Å². The molecule has 0 spiro atoms. The first-order valence-corrected chi connectivity index (χ1v) is 9.71. The summed E-state index contributed by atoms with van der Waals surface area (Å²) in [5.41, 5.74) is 1.10. The van der Waals surface area contributed by atoms with Crippen molar-refractivity contribution >= 4 is 40.6 Å². The molecule has 2 aromatic rings. The molecule has 6 nitrogen and oxygen atoms in total. The molecule has 1 aliphatic rings. The Morgan fingerprint density at radius 1 is 1.23 bits per heavy atom. The van der Waals surface area contributed by atoms with Gasteiger partial charge in [0.15, 0.2) is 5.17 Å². The lowest BCUT2D eigenvalue weighted by atomic mass is 10.2. The maximum Gasteiger partial charge on any atom is 0.416 e. The fourth-order valence-electron chi connectivity index (χ4n) is 2.54. The molecule has 156 valence electrons. The van der Waals surface area contributed by atoms with Crippen LogP contribution in [0.3, 0.4) is 0 Å². The summed E-state index contributed by atoms with van der Waals surface area (Å²) in [6.45, 7) is 1.97. The number of anilines is 1. The van der Waals surface area contributed by atoms with Crippen molar-refractivity contribution in [1.29, 1.82) is 0 Å². The maximum atomic E-state index is 12.8. The predicted octanol–water partition coefficient (Wildman–Crippen LogP) is 3.96. The number of aryl methyl sites for hydroxylation is 1. The number of hydrogen-bond acceptors (Lipinski definition) is 5. The third-order valence-electron chi connectivity index (χ3n) is 4.05. The van der Waals surface area contributed by atoms with E-state index in [4.69, 9.17) is 0 Å². The van der Waals surface area contributed by atoms with Crippen LogP contribution in [0.25, 0.3) is 0 Å². The van der Waals surface area contributed by atoms with E-state index >= 15 is 0 Å². The van der Waals surface area contributed by atoms with E-state index in [1.807, 2.05) is 31.2 Å². The molecular weight excluding hydrogens is 417 g/mol. The Kier molecular flexibility index (Phi) is 6.56. The Morgan fingerprint density at radius 3 is 2.67 bits per heavy atom. The summed E-state index contributed by atoms with van der Waals surface area (Å²) < 4.78 is 38.3. The van der Waals surface area contributed by atoms with Gasteiger partial charge in [0.1, 0.15) is 5.25 Å². The molecule has 3 rings (SSSR count). The number of nitrogens with zero attached hydrogens (tertiary/aromatic N) is 2. The molecule has 1 atom stereocenters. The molecule has 1 fully saturated rings. The van der Waals surface area contributed by atoms with Gasteiger partial charge in [0.25, 0.3) is 0 Å². The Labute approximate surface area is 174 Å². The van der Waals surface area contributed by atoms with Crippen LogP contribution in [0.4, 0.5) is 18.9 Å². The lowest BCUT2D eigenvalue weighted by Crippen LogP contribution is -2.28. The van der Waals surface area contributed by atoms with Gasteiger partial charge in [-0.3, -0.25) is 9.59 Å². The number of alkyl halides is 3. The van der Waals surface area contributed by atoms with Gasteiger partial charge in [0.05, 0.1) is 11.8 Å². The van der Waals surface area contributed by atoms with Crippen LogP contribution in [0.5, 0.6) is 0 Å². The molecule has 1 unspecified atom stereocenters. The molecule has 1 aliphatic heterocycles. The van der Waals surface area contributed by atoms with Gasteiger partial charge in [0.2, 0.25) is 11.8 Å². The van der Waals surface area contributed by atoms with Crippen molar-refractivity contribution in [3.05, 3.63) is 65.2 Å². The Bertz CT molecular complexity index is 1000. The fourth-order valence-corrected chi connectivity index (χ4v) is 3.46. The smallest absolute Gasteiger partial charge is 0.326 e. The molecular formula is C20H17F3N4O2S. The summed E-state index contributed by atoms with van der Waals surface area (Å²) in [5, 5.41) is 12.3. The van der Waals surface area contributed by atoms with Gasteiger partial charge in [-0.1, -0.05) is 47.7 Å². The molecule has 10 heteroatoms. The summed E-state index contributed by atoms with van der Waals surface area (Å²) >= 11 is 1.04. The third kappa shape index (κ3) is 5.93. The van der Waals surface area contributed by atoms with Gasteiger partial charge in [-0.2, -0.15) is 18.3 Å². The van der Waals surface area contributed by atoms with Crippen molar-refractivity contribution in [2.24, 2.45) is 10.2 Å². The van der Waals surface area contributed by atoms with Crippen LogP contribution in [0.15, 0.2) is 58.7 Å². The Balaban J connectivity index is 1.56. The molecule has 2 amide bonds. The van der Waals surface area contributed by atoms with Crippen LogP contribution >= 0.6 is 11.8 Å². The topological polar surface area (TPSA) is 82.9 Å². The van der Waals surface area contributed by atoms with Crippen LogP contribution < -0.4 is 10.6 Å². The standard InChI is InChI=1S/C20H17F3N4O2S/c1-12-5-7-13(8-6-12)11-24-27-19-26-18(29)16(30-19)10-17(28)25-15-4-2-3-14(9-15)20(21,22)23/h2-9,11,16H,10H2,1H3,(H,25,28)(H,26,27,29)/b24-11+. The first-order valence-electron chi connectivity index (χ1n) is 8.83. The zero-order chi connectivity index (χ0) is 21.7. The largest absolute Gasteiger partial charge is 0.416 e. The number of benzene rings is 2. The normalized spacial score (nSPS) is 18.1. The Hall–Kier alpha value is -3.14. The van der Waals surface area contributed by atoms with E-state index in [0.717, 1.165) is 35.0 Å². The highest BCUT2D eigenvalue weighted by Crippen LogP contribution is 2.31. The quantitative estimate of drug-likeness (QED) is 0.552. The number of nitrogens with one attached hydrogen (secondary N) is 2. The van der Waals surface area contributed by atoms with Crippen molar-refractivity contribution in [3.63, 3.8) is 0 Å². The van der Waals surface area contributed by atoms with Gasteiger partial charge in [-0.25, -0.2) is 0 Å². The monoisotopic (exact) mass is 434 g/mol. The molecule has 0 aromatic heterocycles. The molecule has 0 saturated carbocycles. The van der Waals surface area contributed by atoms with E-state index in [2.05, 4.69) is 20.8 Å². The SMILES string of the molecule is Cc1ccc(/C=N/N=C2/NC(=O)C(CC(=O)Nc3cccc(C(F)(F)F)c3)S2)cc1. The lowest BCUT2D eigenvalue weighted by Gasteiger charge is -2.10. The Morgan fingerprint density at radius 2 is 1.97 bits per heavy atom. The second-order valence-corrected chi connectivity index (χ2v) is 7.68. The number of carbonyl (C=O) groups is 2. The van der Waals surface area contributed by atoms with Crippen molar-refractivity contribution in [2.75, 3.05) is 5.32 Å². The van der Waals surface area contributed by atoms with Gasteiger partial charge in [-0.15, -0.1) is 5.10 Å². The molecule has 2 N–H and O–H groups in total. The van der Waals surface area contributed by atoms with Crippen LogP contribution in [-0.2, 0) is 15.8 Å². The minimum Gasteiger partial charge on any atom is -0.326 e. The van der Waals surface area contributed by atoms with Crippen LogP contribution in [0.2, 0.25) is 0 Å². The summed E-state index contributed by atoms with van der Waals surface area (Å²) in [6.07, 6.45) is -3.19. The fraction of sp³-hybridized carbons (Fsp3) is 0.200. The van der Waals surface area contributed by atoms with Crippen LogP contribution in [0.1, 0.15) is 23.1 Å². The number of hydrogen-bond donors (Lipinski definition) is 2. The summed E-state index contributed by atoms with van der Waals surface area (Å²) in [4.78, 5) is 24.2. The highest BCUT2D eigenvalue weighted by atomic mass is 32.2. The number of halogens is 3. The molecule has 2 aromatic carbocycles. The predicted molar refractivity (Wildman–Crippen MR) is 110 cm³/mol. The van der Waals surface area contributed by atoms with Gasteiger partial charge in [-0.05, 0) is 30.7 Å². The van der Waals surface area contributed by atoms with Gasteiger partial charge >= 0.3 is 6.18 Å². The van der Waals surface area contributed by atoms with Gasteiger partial charge < -0.3 is 10.6 Å². The van der Waals surface area contributed by atoms with Crippen LogP contribution in [-0.4, -0.2) is 28.4 Å². The van der Waals surface area contributed by atoms with Gasteiger partial charge in [0, 0.05) is 12.1 Å². The number of amides is 2. The average molecular weight is 434 g/mol. The highest BCUT2D eigenvalue weighted by molar-refractivity contribution is 8.15. The van der Waals surface area contributed by atoms with E-state index in [1.165, 1.54) is 18.3 Å². The number of carbonyl (C=O) groups excluding carboxylic acids is 2. The van der Waals surface area contributed by atoms with E-state index in [-0.39, 0.29) is 17.3 Å². The number of amidine groups is 1. The first kappa shape index (κ1) is 21.6. The van der Waals surface area contributed by atoms with Crippen molar-refractivity contribution in [3.8, 4) is 0 Å². The second-order valence-electron chi connectivity index (χ2n) is 6.49. The third-order valence-corrected chi connectivity index (χ3v) is 5.13. The number of rotatable bonds is 5. The first-order chi connectivity index (χ1) is 14.2. The summed E-state index contributed by atoms with van der Waals surface area (Å²) in [6, 6.07) is 11.9. The molecule has 0 radical (unpaired) electrons. The van der Waals surface area contributed by atoms with Crippen LogP contribution in [0, 0.1) is 6.92 Å². The molecule has 0 bridgehead atoms. The molecule has 1 heterocycles. The summed E-state index contributed by atoms with van der Waals surface area (Å²) in [7, 11) is 0. The minimum absolute atomic E-state index is 0.00909. The zero-order valence-electron chi connectivity index (χ0n) is 15.7. The maximum absolute atomic E-state index is 12.8. The zero-order valence-corrected chi connectivity index (χ0v) is 16.6.